The van der Waals surface area contributed by atoms with E-state index in [-0.39, 0.29) is 5.41 Å². The molecule has 1 atom stereocenters. The summed E-state index contributed by atoms with van der Waals surface area (Å²) >= 11 is 3.45. The van der Waals surface area contributed by atoms with Crippen molar-refractivity contribution in [2.75, 3.05) is 0 Å². The predicted molar refractivity (Wildman–Crippen MR) is 69.3 cm³/mol. The Hall–Kier alpha value is -0.910. The molecule has 90 valence electrons. The van der Waals surface area contributed by atoms with Gasteiger partial charge >= 0.3 is 0 Å². The number of hydrogen-bond acceptors (Lipinski definition) is 4. The Morgan fingerprint density at radius 2 is 2.06 bits per heavy atom. The minimum atomic E-state index is -0.571. The molecular weight excluding hydrogens is 282 g/mol. The van der Waals surface area contributed by atoms with Crippen LogP contribution in [-0.4, -0.2) is 12.2 Å². The quantitative estimate of drug-likeness (QED) is 0.878. The van der Waals surface area contributed by atoms with Crippen LogP contribution in [0.1, 0.15) is 24.8 Å². The van der Waals surface area contributed by atoms with E-state index in [9.17, 15) is 0 Å². The summed E-state index contributed by atoms with van der Waals surface area (Å²) in [7, 11) is 0. The summed E-state index contributed by atoms with van der Waals surface area (Å²) in [6, 6.07) is 8.39. The van der Waals surface area contributed by atoms with E-state index in [1.807, 2.05) is 0 Å². The molecule has 4 nitrogen and oxygen atoms in total. The van der Waals surface area contributed by atoms with Crippen LogP contribution in [-0.2, 0) is 10.3 Å². The zero-order chi connectivity index (χ0) is 11.9. The first-order valence-corrected chi connectivity index (χ1v) is 6.52. The molecule has 3 N–H and O–H groups in total. The molecule has 0 bridgehead atoms. The van der Waals surface area contributed by atoms with E-state index in [4.69, 9.17) is 10.6 Å². The van der Waals surface area contributed by atoms with Crippen LogP contribution in [0.4, 0.5) is 0 Å². The van der Waals surface area contributed by atoms with E-state index in [0.717, 1.165) is 23.1 Å². The van der Waals surface area contributed by atoms with Crippen molar-refractivity contribution >= 4 is 21.8 Å². The zero-order valence-electron chi connectivity index (χ0n) is 9.32. The molecule has 2 aliphatic rings. The van der Waals surface area contributed by atoms with Crippen LogP contribution in [0.25, 0.3) is 0 Å². The van der Waals surface area contributed by atoms with Crippen LogP contribution in [0.15, 0.2) is 33.7 Å². The average Bonchev–Trinajstić information content (AvgIpc) is 2.67. The highest BCUT2D eigenvalue weighted by Crippen LogP contribution is 2.45. The minimum absolute atomic E-state index is 0.0190. The molecule has 1 aliphatic heterocycles. The van der Waals surface area contributed by atoms with Gasteiger partial charge in [0.1, 0.15) is 5.84 Å². The third-order valence-corrected chi connectivity index (χ3v) is 4.12. The lowest BCUT2D eigenvalue weighted by molar-refractivity contribution is 0.0398. The second-order valence-corrected chi connectivity index (χ2v) is 5.45. The van der Waals surface area contributed by atoms with Crippen molar-refractivity contribution < 1.29 is 4.84 Å². The van der Waals surface area contributed by atoms with Crippen molar-refractivity contribution in [2.45, 2.75) is 31.0 Å². The van der Waals surface area contributed by atoms with Crippen LogP contribution in [0.2, 0.25) is 0 Å². The maximum Gasteiger partial charge on any atom is 0.228 e. The van der Waals surface area contributed by atoms with Crippen LogP contribution in [0.3, 0.4) is 0 Å². The molecule has 17 heavy (non-hydrogen) atoms. The van der Waals surface area contributed by atoms with Gasteiger partial charge in [-0.1, -0.05) is 34.5 Å². The van der Waals surface area contributed by atoms with E-state index >= 15 is 0 Å². The predicted octanol–water partition coefficient (Wildman–Crippen LogP) is 2.05. The first-order chi connectivity index (χ1) is 8.21. The van der Waals surface area contributed by atoms with Crippen molar-refractivity contribution in [2.24, 2.45) is 10.7 Å². The number of aliphatic imine (C=N–C) groups is 1. The standard InChI is InChI=1S/C12H14BrN3O/c13-9-4-2-8(3-5-9)12(6-1-7-12)10-15-11(14)17-16-10/h2-5,11H,1,6-7,14H2,(H,15,16). The van der Waals surface area contributed by atoms with Gasteiger partial charge in [0, 0.05) is 4.47 Å². The molecule has 0 saturated heterocycles. The zero-order valence-corrected chi connectivity index (χ0v) is 10.9. The summed E-state index contributed by atoms with van der Waals surface area (Å²) in [6.07, 6.45) is 2.83. The molecular formula is C12H14BrN3O. The normalized spacial score (nSPS) is 26.0. The first-order valence-electron chi connectivity index (χ1n) is 5.72. The van der Waals surface area contributed by atoms with Crippen molar-refractivity contribution in [3.05, 3.63) is 34.3 Å². The molecule has 1 heterocycles. The minimum Gasteiger partial charge on any atom is -0.285 e. The average molecular weight is 296 g/mol. The summed E-state index contributed by atoms with van der Waals surface area (Å²) < 4.78 is 1.09. The molecule has 0 aromatic heterocycles. The van der Waals surface area contributed by atoms with E-state index < -0.39 is 6.35 Å². The summed E-state index contributed by atoms with van der Waals surface area (Å²) in [5.74, 6) is 0.874. The number of nitrogens with two attached hydrogens (primary N) is 1. The van der Waals surface area contributed by atoms with Gasteiger partial charge < -0.3 is 0 Å². The Morgan fingerprint density at radius 1 is 1.35 bits per heavy atom. The van der Waals surface area contributed by atoms with Crippen LogP contribution in [0, 0.1) is 0 Å². The number of nitrogens with one attached hydrogen (secondary N) is 1. The molecule has 1 aliphatic carbocycles. The van der Waals surface area contributed by atoms with Gasteiger partial charge in [-0.25, -0.2) is 15.3 Å². The second-order valence-electron chi connectivity index (χ2n) is 4.53. The number of nitrogens with zero attached hydrogens (tertiary/aromatic N) is 1. The number of hydroxylamine groups is 1. The number of amidine groups is 1. The number of hydrogen-bond donors (Lipinski definition) is 2. The summed E-state index contributed by atoms with van der Waals surface area (Å²) in [5.41, 5.74) is 9.75. The smallest absolute Gasteiger partial charge is 0.228 e. The number of benzene rings is 1. The molecule has 1 fully saturated rings. The third kappa shape index (κ3) is 1.78. The highest BCUT2D eigenvalue weighted by atomic mass is 79.9. The Bertz CT molecular complexity index is 453. The molecule has 0 radical (unpaired) electrons. The highest BCUT2D eigenvalue weighted by Gasteiger charge is 2.45. The Balaban J connectivity index is 1.97. The monoisotopic (exact) mass is 295 g/mol. The molecule has 1 saturated carbocycles. The molecule has 1 aromatic carbocycles. The second kappa shape index (κ2) is 4.08. The number of halogens is 1. The molecule has 5 heteroatoms. The molecule has 1 aromatic rings. The summed E-state index contributed by atoms with van der Waals surface area (Å²) in [6.45, 7) is 0. The first kappa shape index (κ1) is 11.2. The topological polar surface area (TPSA) is 59.6 Å². The van der Waals surface area contributed by atoms with Gasteiger partial charge in [-0.3, -0.25) is 5.73 Å². The fourth-order valence-electron chi connectivity index (χ4n) is 2.48. The van der Waals surface area contributed by atoms with E-state index in [2.05, 4.69) is 50.7 Å². The molecule has 3 rings (SSSR count). The molecule has 0 amide bonds. The van der Waals surface area contributed by atoms with Gasteiger partial charge in [0.15, 0.2) is 0 Å². The fourth-order valence-corrected chi connectivity index (χ4v) is 2.74. The maximum absolute atomic E-state index is 5.62. The Morgan fingerprint density at radius 3 is 2.53 bits per heavy atom. The van der Waals surface area contributed by atoms with E-state index in [1.54, 1.807) is 0 Å². The lowest BCUT2D eigenvalue weighted by atomic mass is 9.63. The number of rotatable bonds is 2. The maximum atomic E-state index is 5.62. The highest BCUT2D eigenvalue weighted by molar-refractivity contribution is 9.10. The van der Waals surface area contributed by atoms with Crippen molar-refractivity contribution in [1.82, 2.24) is 5.48 Å². The van der Waals surface area contributed by atoms with Gasteiger partial charge in [0.25, 0.3) is 0 Å². The van der Waals surface area contributed by atoms with Crippen LogP contribution in [0.5, 0.6) is 0 Å². The van der Waals surface area contributed by atoms with E-state index in [0.29, 0.717) is 0 Å². The summed E-state index contributed by atoms with van der Waals surface area (Å²) in [4.78, 5) is 9.44. The lowest BCUT2D eigenvalue weighted by Crippen LogP contribution is -2.47. The lowest BCUT2D eigenvalue weighted by Gasteiger charge is -2.41. The SMILES string of the molecule is NC1N=C(C2(c3ccc(Br)cc3)CCC2)NO1. The Kier molecular flexibility index (Phi) is 2.69. The summed E-state index contributed by atoms with van der Waals surface area (Å²) in [5, 5.41) is 0. The van der Waals surface area contributed by atoms with Gasteiger partial charge in [-0.2, -0.15) is 0 Å². The van der Waals surface area contributed by atoms with E-state index in [1.165, 1.54) is 12.0 Å². The van der Waals surface area contributed by atoms with Crippen LogP contribution >= 0.6 is 15.9 Å². The van der Waals surface area contributed by atoms with Crippen LogP contribution < -0.4 is 11.2 Å². The Labute approximate surface area is 108 Å². The molecule has 0 spiro atoms. The van der Waals surface area contributed by atoms with Crippen molar-refractivity contribution in [1.29, 1.82) is 0 Å². The van der Waals surface area contributed by atoms with Crippen molar-refractivity contribution in [3.63, 3.8) is 0 Å². The largest absolute Gasteiger partial charge is 0.285 e. The fraction of sp³-hybridized carbons (Fsp3) is 0.417. The van der Waals surface area contributed by atoms with Gasteiger partial charge in [-0.05, 0) is 30.5 Å². The van der Waals surface area contributed by atoms with Crippen molar-refractivity contribution in [3.8, 4) is 0 Å². The van der Waals surface area contributed by atoms with Gasteiger partial charge in [-0.15, -0.1) is 0 Å². The van der Waals surface area contributed by atoms with Gasteiger partial charge in [0.2, 0.25) is 6.35 Å². The van der Waals surface area contributed by atoms with Gasteiger partial charge in [0.05, 0.1) is 5.41 Å². The molecule has 1 unspecified atom stereocenters. The third-order valence-electron chi connectivity index (χ3n) is 3.59.